The molecule has 0 radical (unpaired) electrons. The number of nitrogens with two attached hydrogens (primary N) is 1. The fourth-order valence-electron chi connectivity index (χ4n) is 4.63. The molecule has 114 valence electrons. The molecule has 1 fully saturated rings. The molecule has 0 aliphatic heterocycles. The molecular weight excluding hydrogens is 246 g/mol. The van der Waals surface area contributed by atoms with Gasteiger partial charge in [-0.1, -0.05) is 27.7 Å². The average Bonchev–Trinajstić information content (AvgIpc) is 2.58. The van der Waals surface area contributed by atoms with Crippen LogP contribution in [-0.4, -0.2) is 15.3 Å². The molecule has 0 unspecified atom stereocenters. The smallest absolute Gasteiger partial charge is 0.0643 e. The second kappa shape index (κ2) is 4.87. The third-order valence-electron chi connectivity index (χ3n) is 4.34. The minimum atomic E-state index is -0.124. The van der Waals surface area contributed by atoms with E-state index in [0.29, 0.717) is 16.9 Å². The maximum Gasteiger partial charge on any atom is 0.0643 e. The molecule has 0 amide bonds. The summed E-state index contributed by atoms with van der Waals surface area (Å²) in [6.45, 7) is 13.7. The summed E-state index contributed by atoms with van der Waals surface area (Å²) in [4.78, 5) is 0. The van der Waals surface area contributed by atoms with E-state index in [2.05, 4.69) is 58.9 Å². The Kier molecular flexibility index (Phi) is 3.79. The first-order valence-corrected chi connectivity index (χ1v) is 7.83. The molecule has 0 aromatic carbocycles. The summed E-state index contributed by atoms with van der Waals surface area (Å²) in [7, 11) is 0. The van der Waals surface area contributed by atoms with Gasteiger partial charge in [0, 0.05) is 24.2 Å². The maximum absolute atomic E-state index is 6.78. The minimum Gasteiger partial charge on any atom is -0.325 e. The summed E-state index contributed by atoms with van der Waals surface area (Å²) in [6, 6.07) is 2.54. The van der Waals surface area contributed by atoms with Crippen LogP contribution in [0.25, 0.3) is 0 Å². The van der Waals surface area contributed by atoms with Crippen molar-refractivity contribution in [2.75, 3.05) is 0 Å². The maximum atomic E-state index is 6.78. The lowest BCUT2D eigenvalue weighted by Gasteiger charge is -2.50. The van der Waals surface area contributed by atoms with Crippen LogP contribution in [0.3, 0.4) is 0 Å². The van der Waals surface area contributed by atoms with Crippen molar-refractivity contribution >= 4 is 0 Å². The second-order valence-corrected chi connectivity index (χ2v) is 8.78. The van der Waals surface area contributed by atoms with Crippen molar-refractivity contribution in [1.29, 1.82) is 0 Å². The highest BCUT2D eigenvalue weighted by atomic mass is 15.3. The highest BCUT2D eigenvalue weighted by molar-refractivity contribution is 5.10. The third kappa shape index (κ3) is 3.63. The van der Waals surface area contributed by atoms with Gasteiger partial charge in [-0.15, -0.1) is 0 Å². The molecule has 3 heteroatoms. The highest BCUT2D eigenvalue weighted by Gasteiger charge is 2.45. The van der Waals surface area contributed by atoms with Gasteiger partial charge in [0.2, 0.25) is 0 Å². The van der Waals surface area contributed by atoms with Crippen molar-refractivity contribution in [3.63, 3.8) is 0 Å². The summed E-state index contributed by atoms with van der Waals surface area (Å²) in [5.41, 5.74) is 8.42. The van der Waals surface area contributed by atoms with Gasteiger partial charge < -0.3 is 5.73 Å². The van der Waals surface area contributed by atoms with E-state index in [1.54, 1.807) is 0 Å². The van der Waals surface area contributed by atoms with E-state index in [9.17, 15) is 0 Å². The molecule has 0 bridgehead atoms. The van der Waals surface area contributed by atoms with Crippen molar-refractivity contribution in [3.8, 4) is 0 Å². The Morgan fingerprint density at radius 3 is 2.15 bits per heavy atom. The van der Waals surface area contributed by atoms with E-state index >= 15 is 0 Å². The van der Waals surface area contributed by atoms with E-state index in [0.717, 1.165) is 25.0 Å². The highest BCUT2D eigenvalue weighted by Crippen LogP contribution is 2.49. The zero-order valence-electron chi connectivity index (χ0n) is 14.0. The van der Waals surface area contributed by atoms with Gasteiger partial charge in [0.1, 0.15) is 0 Å². The lowest BCUT2D eigenvalue weighted by Crippen LogP contribution is -2.53. The van der Waals surface area contributed by atoms with E-state index in [1.165, 1.54) is 6.42 Å². The molecule has 1 aromatic rings. The van der Waals surface area contributed by atoms with E-state index in [4.69, 9.17) is 5.73 Å². The van der Waals surface area contributed by atoms with Crippen molar-refractivity contribution in [2.24, 2.45) is 16.6 Å². The molecule has 1 heterocycles. The fraction of sp³-hybridized carbons (Fsp3) is 0.824. The molecule has 0 spiro atoms. The van der Waals surface area contributed by atoms with E-state index in [1.807, 2.05) is 4.68 Å². The first-order valence-electron chi connectivity index (χ1n) is 7.83. The van der Waals surface area contributed by atoms with Gasteiger partial charge in [-0.2, -0.15) is 5.10 Å². The van der Waals surface area contributed by atoms with Crippen LogP contribution in [0.2, 0.25) is 0 Å². The summed E-state index contributed by atoms with van der Waals surface area (Å²) in [5, 5.41) is 4.68. The quantitative estimate of drug-likeness (QED) is 0.909. The van der Waals surface area contributed by atoms with Crippen molar-refractivity contribution < 1.29 is 0 Å². The molecule has 2 N–H and O–H groups in total. The predicted molar refractivity (Wildman–Crippen MR) is 84.6 cm³/mol. The van der Waals surface area contributed by atoms with E-state index in [-0.39, 0.29) is 5.54 Å². The van der Waals surface area contributed by atoms with E-state index < -0.39 is 0 Å². The van der Waals surface area contributed by atoms with Gasteiger partial charge >= 0.3 is 0 Å². The zero-order valence-corrected chi connectivity index (χ0v) is 14.0. The molecule has 0 saturated heterocycles. The lowest BCUT2D eigenvalue weighted by atomic mass is 9.58. The normalized spacial score (nSPS) is 24.0. The number of rotatable bonds is 3. The van der Waals surface area contributed by atoms with Gasteiger partial charge in [0.25, 0.3) is 0 Å². The SMILES string of the molecule is CC(C)n1ccc(CC2(N)CC(C)(C)CC(C)(C)C2)n1. The van der Waals surface area contributed by atoms with Gasteiger partial charge in [-0.3, -0.25) is 4.68 Å². The Balaban J connectivity index is 2.17. The molecule has 2 rings (SSSR count). The Bertz CT molecular complexity index is 452. The van der Waals surface area contributed by atoms with Crippen LogP contribution in [0.1, 0.15) is 72.5 Å². The Hall–Kier alpha value is -0.830. The van der Waals surface area contributed by atoms with Crippen LogP contribution in [-0.2, 0) is 6.42 Å². The molecule has 1 aromatic heterocycles. The number of aromatic nitrogens is 2. The largest absolute Gasteiger partial charge is 0.325 e. The monoisotopic (exact) mass is 277 g/mol. The van der Waals surface area contributed by atoms with Gasteiger partial charge in [-0.05, 0) is 50.0 Å². The molecule has 20 heavy (non-hydrogen) atoms. The summed E-state index contributed by atoms with van der Waals surface area (Å²) in [5.74, 6) is 0. The molecule has 1 aliphatic carbocycles. The molecule has 3 nitrogen and oxygen atoms in total. The van der Waals surface area contributed by atoms with Crippen molar-refractivity contribution in [3.05, 3.63) is 18.0 Å². The summed E-state index contributed by atoms with van der Waals surface area (Å²) >= 11 is 0. The number of hydrogen-bond acceptors (Lipinski definition) is 2. The predicted octanol–water partition coefficient (Wildman–Crippen LogP) is 3.94. The lowest BCUT2D eigenvalue weighted by molar-refractivity contribution is 0.0482. The first kappa shape index (κ1) is 15.6. The topological polar surface area (TPSA) is 43.8 Å². The third-order valence-corrected chi connectivity index (χ3v) is 4.34. The van der Waals surface area contributed by atoms with Crippen molar-refractivity contribution in [1.82, 2.24) is 9.78 Å². The first-order chi connectivity index (χ1) is 9.00. The summed E-state index contributed by atoms with van der Waals surface area (Å²) in [6.07, 6.45) is 6.37. The number of nitrogens with zero attached hydrogens (tertiary/aromatic N) is 2. The summed E-state index contributed by atoms with van der Waals surface area (Å²) < 4.78 is 2.03. The molecule has 0 atom stereocenters. The molecular formula is C17H31N3. The van der Waals surface area contributed by atoms with Crippen LogP contribution < -0.4 is 5.73 Å². The number of hydrogen-bond donors (Lipinski definition) is 1. The van der Waals surface area contributed by atoms with Crippen LogP contribution in [0.5, 0.6) is 0 Å². The second-order valence-electron chi connectivity index (χ2n) is 8.78. The Labute approximate surface area is 123 Å². The average molecular weight is 277 g/mol. The Morgan fingerprint density at radius 1 is 1.15 bits per heavy atom. The van der Waals surface area contributed by atoms with Crippen molar-refractivity contribution in [2.45, 2.75) is 78.8 Å². The van der Waals surface area contributed by atoms with Crippen LogP contribution in [0, 0.1) is 10.8 Å². The molecule has 1 aliphatic rings. The zero-order chi connectivity index (χ0) is 15.2. The standard InChI is InChI=1S/C17H31N3/c1-13(2)20-8-7-14(19-20)9-17(18)11-15(3,4)10-16(5,6)12-17/h7-8,13H,9-12,18H2,1-6H3. The fourth-order valence-corrected chi connectivity index (χ4v) is 4.63. The van der Waals surface area contributed by atoms with Gasteiger partial charge in [0.05, 0.1) is 5.69 Å². The van der Waals surface area contributed by atoms with Gasteiger partial charge in [0.15, 0.2) is 0 Å². The minimum absolute atomic E-state index is 0.124. The Morgan fingerprint density at radius 2 is 1.70 bits per heavy atom. The van der Waals surface area contributed by atoms with Crippen LogP contribution >= 0.6 is 0 Å². The molecule has 1 saturated carbocycles. The van der Waals surface area contributed by atoms with Gasteiger partial charge in [-0.25, -0.2) is 0 Å². The van der Waals surface area contributed by atoms with Crippen LogP contribution in [0.15, 0.2) is 12.3 Å². The van der Waals surface area contributed by atoms with Crippen LogP contribution in [0.4, 0.5) is 0 Å².